The van der Waals surface area contributed by atoms with Crippen LogP contribution in [0, 0.1) is 0 Å². The topological polar surface area (TPSA) is 70.7 Å². The van der Waals surface area contributed by atoms with E-state index in [2.05, 4.69) is 10.6 Å². The molecule has 0 fully saturated rings. The zero-order valence-electron chi connectivity index (χ0n) is 13.5. The molecule has 1 unspecified atom stereocenters. The monoisotopic (exact) mass is 305 g/mol. The number of hydrogen-bond donors (Lipinski definition) is 2. The van der Waals surface area contributed by atoms with Crippen molar-refractivity contribution in [1.29, 1.82) is 0 Å². The molecule has 0 saturated heterocycles. The summed E-state index contributed by atoms with van der Waals surface area (Å²) in [6.45, 7) is 4.06. The largest absolute Gasteiger partial charge is 0.462 e. The predicted molar refractivity (Wildman–Crippen MR) is 83.9 cm³/mol. The molecule has 0 aromatic heterocycles. The highest BCUT2D eigenvalue weighted by atomic mass is 16.5. The van der Waals surface area contributed by atoms with Gasteiger partial charge in [0.15, 0.2) is 0 Å². The molecule has 2 amide bonds. The number of rotatable bonds is 4. The second kappa shape index (κ2) is 6.68. The van der Waals surface area contributed by atoms with Gasteiger partial charge in [0.1, 0.15) is 0 Å². The summed E-state index contributed by atoms with van der Waals surface area (Å²) < 4.78 is 5.21. The molecule has 0 spiro atoms. The molecule has 6 heteroatoms. The van der Waals surface area contributed by atoms with Crippen LogP contribution in [0.15, 0.2) is 34.7 Å². The van der Waals surface area contributed by atoms with Gasteiger partial charge in [-0.2, -0.15) is 0 Å². The minimum absolute atomic E-state index is 0.179. The molecule has 0 aromatic rings. The first kappa shape index (κ1) is 16.1. The SMILES string of the molecule is CCOC(=O)C1=C(N(C)C)CCC(C2C=CNC(=O)N2)=C1C. The van der Waals surface area contributed by atoms with Gasteiger partial charge in [0.25, 0.3) is 0 Å². The Morgan fingerprint density at radius 2 is 2.14 bits per heavy atom. The standard InChI is InChI=1S/C16H23N3O3/c1-5-22-15(20)14-10(2)11(6-7-13(14)19(3)4)12-8-9-17-16(21)18-12/h8-9,12H,5-7H2,1-4H3,(H2,17,18,21). The number of nitrogens with one attached hydrogen (secondary N) is 2. The third-order valence-electron chi connectivity index (χ3n) is 3.96. The quantitative estimate of drug-likeness (QED) is 0.775. The summed E-state index contributed by atoms with van der Waals surface area (Å²) in [5, 5.41) is 5.45. The molecule has 1 heterocycles. The van der Waals surface area contributed by atoms with E-state index in [0.717, 1.165) is 29.7 Å². The lowest BCUT2D eigenvalue weighted by atomic mass is 9.85. The van der Waals surface area contributed by atoms with Gasteiger partial charge < -0.3 is 20.3 Å². The van der Waals surface area contributed by atoms with E-state index < -0.39 is 0 Å². The van der Waals surface area contributed by atoms with Crippen molar-refractivity contribution < 1.29 is 14.3 Å². The van der Waals surface area contributed by atoms with Crippen LogP contribution in [-0.4, -0.2) is 43.6 Å². The minimum Gasteiger partial charge on any atom is -0.462 e. The molecule has 120 valence electrons. The van der Waals surface area contributed by atoms with E-state index in [4.69, 9.17) is 4.74 Å². The van der Waals surface area contributed by atoms with Crippen LogP contribution in [-0.2, 0) is 9.53 Å². The van der Waals surface area contributed by atoms with Crippen molar-refractivity contribution in [2.24, 2.45) is 0 Å². The molecule has 0 aromatic carbocycles. The van der Waals surface area contributed by atoms with Crippen LogP contribution < -0.4 is 10.6 Å². The molecule has 22 heavy (non-hydrogen) atoms. The molecule has 1 aliphatic carbocycles. The van der Waals surface area contributed by atoms with E-state index in [1.807, 2.05) is 32.0 Å². The lowest BCUT2D eigenvalue weighted by molar-refractivity contribution is -0.138. The summed E-state index contributed by atoms with van der Waals surface area (Å²) >= 11 is 0. The first-order valence-corrected chi connectivity index (χ1v) is 7.47. The molecule has 0 saturated carbocycles. The molecule has 0 radical (unpaired) electrons. The van der Waals surface area contributed by atoms with Crippen LogP contribution in [0.3, 0.4) is 0 Å². The number of nitrogens with zero attached hydrogens (tertiary/aromatic N) is 1. The van der Waals surface area contributed by atoms with Gasteiger partial charge in [0.2, 0.25) is 0 Å². The average Bonchev–Trinajstić information content (AvgIpc) is 2.46. The number of ether oxygens (including phenoxy) is 1. The van der Waals surface area contributed by atoms with Crippen molar-refractivity contribution in [1.82, 2.24) is 15.5 Å². The maximum Gasteiger partial charge on any atom is 0.340 e. The molecule has 2 rings (SSSR count). The summed E-state index contributed by atoms with van der Waals surface area (Å²) in [6, 6.07) is -0.408. The van der Waals surface area contributed by atoms with E-state index in [-0.39, 0.29) is 18.0 Å². The number of esters is 1. The Morgan fingerprint density at radius 1 is 1.41 bits per heavy atom. The van der Waals surface area contributed by atoms with E-state index in [1.165, 1.54) is 0 Å². The van der Waals surface area contributed by atoms with Crippen molar-refractivity contribution in [2.75, 3.05) is 20.7 Å². The second-order valence-corrected chi connectivity index (χ2v) is 5.54. The Labute approximate surface area is 130 Å². The van der Waals surface area contributed by atoms with Crippen molar-refractivity contribution in [2.45, 2.75) is 32.7 Å². The van der Waals surface area contributed by atoms with Gasteiger partial charge in [0.05, 0.1) is 18.2 Å². The van der Waals surface area contributed by atoms with Gasteiger partial charge in [-0.3, -0.25) is 0 Å². The van der Waals surface area contributed by atoms with Gasteiger partial charge in [-0.25, -0.2) is 9.59 Å². The van der Waals surface area contributed by atoms with Gasteiger partial charge in [0, 0.05) is 26.0 Å². The van der Waals surface area contributed by atoms with Crippen LogP contribution in [0.2, 0.25) is 0 Å². The molecule has 6 nitrogen and oxygen atoms in total. The number of hydrogen-bond acceptors (Lipinski definition) is 4. The third kappa shape index (κ3) is 3.16. The van der Waals surface area contributed by atoms with Gasteiger partial charge in [-0.1, -0.05) is 0 Å². The summed E-state index contributed by atoms with van der Waals surface area (Å²) in [4.78, 5) is 25.8. The van der Waals surface area contributed by atoms with E-state index in [0.29, 0.717) is 12.2 Å². The van der Waals surface area contributed by atoms with Crippen molar-refractivity contribution in [3.05, 3.63) is 34.7 Å². The second-order valence-electron chi connectivity index (χ2n) is 5.54. The highest BCUT2D eigenvalue weighted by molar-refractivity contribution is 5.95. The van der Waals surface area contributed by atoms with Crippen molar-refractivity contribution in [3.8, 4) is 0 Å². The number of carbonyl (C=O) groups excluding carboxylic acids is 2. The van der Waals surface area contributed by atoms with E-state index >= 15 is 0 Å². The molecule has 2 N–H and O–H groups in total. The van der Waals surface area contributed by atoms with Crippen LogP contribution in [0.4, 0.5) is 4.79 Å². The Hall–Kier alpha value is -2.24. The van der Waals surface area contributed by atoms with Crippen molar-refractivity contribution >= 4 is 12.0 Å². The van der Waals surface area contributed by atoms with Crippen LogP contribution in [0.1, 0.15) is 26.7 Å². The fraction of sp³-hybridized carbons (Fsp3) is 0.500. The molecule has 2 aliphatic rings. The first-order chi connectivity index (χ1) is 10.5. The Kier molecular flexibility index (Phi) is 4.90. The fourth-order valence-corrected chi connectivity index (χ4v) is 2.91. The molecule has 0 bridgehead atoms. The third-order valence-corrected chi connectivity index (χ3v) is 3.96. The lowest BCUT2D eigenvalue weighted by Crippen LogP contribution is -2.44. The Balaban J connectivity index is 2.43. The number of urea groups is 1. The summed E-state index contributed by atoms with van der Waals surface area (Å²) in [5.74, 6) is -0.301. The maximum atomic E-state index is 12.4. The lowest BCUT2D eigenvalue weighted by Gasteiger charge is -2.31. The van der Waals surface area contributed by atoms with Gasteiger partial charge >= 0.3 is 12.0 Å². The van der Waals surface area contributed by atoms with E-state index in [1.54, 1.807) is 13.1 Å². The predicted octanol–water partition coefficient (Wildman–Crippen LogP) is 1.67. The normalized spacial score (nSPS) is 21.5. The smallest absolute Gasteiger partial charge is 0.340 e. The van der Waals surface area contributed by atoms with E-state index in [9.17, 15) is 9.59 Å². The van der Waals surface area contributed by atoms with Crippen LogP contribution in [0.5, 0.6) is 0 Å². The minimum atomic E-state index is -0.301. The van der Waals surface area contributed by atoms with Gasteiger partial charge in [-0.05, 0) is 43.9 Å². The highest BCUT2D eigenvalue weighted by Crippen LogP contribution is 2.34. The summed E-state index contributed by atoms with van der Waals surface area (Å²) in [6.07, 6.45) is 5.08. The van der Waals surface area contributed by atoms with Crippen LogP contribution in [0.25, 0.3) is 0 Å². The molecular formula is C16H23N3O3. The summed E-state index contributed by atoms with van der Waals surface area (Å²) in [5.41, 5.74) is 3.54. The molecule has 1 atom stereocenters. The van der Waals surface area contributed by atoms with Crippen LogP contribution >= 0.6 is 0 Å². The zero-order valence-corrected chi connectivity index (χ0v) is 13.5. The average molecular weight is 305 g/mol. The number of amides is 2. The fourth-order valence-electron chi connectivity index (χ4n) is 2.91. The number of allylic oxidation sites excluding steroid dienone is 1. The summed E-state index contributed by atoms with van der Waals surface area (Å²) in [7, 11) is 3.86. The number of carbonyl (C=O) groups is 2. The maximum absolute atomic E-state index is 12.4. The highest BCUT2D eigenvalue weighted by Gasteiger charge is 2.30. The molecule has 1 aliphatic heterocycles. The Morgan fingerprint density at radius 3 is 2.73 bits per heavy atom. The van der Waals surface area contributed by atoms with Gasteiger partial charge in [-0.15, -0.1) is 0 Å². The van der Waals surface area contributed by atoms with Crippen molar-refractivity contribution in [3.63, 3.8) is 0 Å². The first-order valence-electron chi connectivity index (χ1n) is 7.47. The zero-order chi connectivity index (χ0) is 16.3. The molecular weight excluding hydrogens is 282 g/mol. The Bertz CT molecular complexity index is 573.